The number of thioether (sulfide) groups is 1. The summed E-state index contributed by atoms with van der Waals surface area (Å²) < 4.78 is 1.51. The Kier molecular flexibility index (Phi) is 5.93. The third-order valence-corrected chi connectivity index (χ3v) is 4.95. The predicted molar refractivity (Wildman–Crippen MR) is 110 cm³/mol. The Balaban J connectivity index is 1.76. The Morgan fingerprint density at radius 1 is 1.17 bits per heavy atom. The quantitative estimate of drug-likeness (QED) is 0.388. The van der Waals surface area contributed by atoms with Gasteiger partial charge < -0.3 is 14.8 Å². The first-order chi connectivity index (χ1) is 13.8. The Labute approximate surface area is 170 Å². The molecule has 0 aliphatic rings. The molecule has 0 saturated carbocycles. The maximum Gasteiger partial charge on any atom is 0.294 e. The third-order valence-electron chi connectivity index (χ3n) is 3.90. The van der Waals surface area contributed by atoms with Crippen molar-refractivity contribution in [3.8, 4) is 5.69 Å². The van der Waals surface area contributed by atoms with Crippen molar-refractivity contribution < 1.29 is 14.5 Å². The van der Waals surface area contributed by atoms with Crippen LogP contribution in [0.1, 0.15) is 10.4 Å². The lowest BCUT2D eigenvalue weighted by Crippen LogP contribution is -2.16. The highest BCUT2D eigenvalue weighted by molar-refractivity contribution is 8.13. The van der Waals surface area contributed by atoms with E-state index in [2.05, 4.69) is 10.3 Å². The number of hydrogen-bond donors (Lipinski definition) is 1. The molecule has 0 spiro atoms. The average Bonchev–Trinajstić information content (AvgIpc) is 3.23. The summed E-state index contributed by atoms with van der Waals surface area (Å²) in [5.74, 6) is -0.477. The highest BCUT2D eigenvalue weighted by Gasteiger charge is 2.19. The molecule has 0 fully saturated rings. The minimum Gasteiger partial charge on any atom is -0.339 e. The van der Waals surface area contributed by atoms with Crippen molar-refractivity contribution in [2.24, 2.45) is 0 Å². The fourth-order valence-corrected chi connectivity index (χ4v) is 3.09. The minimum absolute atomic E-state index is 0.105. The van der Waals surface area contributed by atoms with Crippen LogP contribution in [0.15, 0.2) is 66.1 Å². The summed E-state index contributed by atoms with van der Waals surface area (Å²) in [5.41, 5.74) is 0.778. The van der Waals surface area contributed by atoms with Crippen molar-refractivity contribution in [1.82, 2.24) is 14.5 Å². The fraction of sp³-hybridized carbons (Fsp3) is 0.105. The van der Waals surface area contributed by atoms with E-state index >= 15 is 0 Å². The number of anilines is 1. The van der Waals surface area contributed by atoms with Crippen LogP contribution in [0.4, 0.5) is 16.2 Å². The van der Waals surface area contributed by atoms with Gasteiger partial charge in [-0.05, 0) is 48.2 Å². The second kappa shape index (κ2) is 8.57. The molecule has 0 aliphatic carbocycles. The topological polar surface area (TPSA) is 110 Å². The van der Waals surface area contributed by atoms with E-state index in [1.54, 1.807) is 44.6 Å². The van der Waals surface area contributed by atoms with Gasteiger partial charge in [0.05, 0.1) is 11.3 Å². The number of hydrogen-bond acceptors (Lipinski definition) is 6. The summed E-state index contributed by atoms with van der Waals surface area (Å²) in [6.45, 7) is 0. The van der Waals surface area contributed by atoms with Crippen LogP contribution in [-0.4, -0.2) is 44.6 Å². The zero-order valence-electron chi connectivity index (χ0n) is 15.6. The predicted octanol–water partition coefficient (Wildman–Crippen LogP) is 3.81. The van der Waals surface area contributed by atoms with Crippen LogP contribution < -0.4 is 5.32 Å². The van der Waals surface area contributed by atoms with E-state index in [1.165, 1.54) is 40.2 Å². The van der Waals surface area contributed by atoms with Crippen molar-refractivity contribution in [3.63, 3.8) is 0 Å². The number of nitro groups is 1. The van der Waals surface area contributed by atoms with E-state index in [0.717, 1.165) is 16.7 Å². The summed E-state index contributed by atoms with van der Waals surface area (Å²) in [4.78, 5) is 41.2. The standard InChI is InChI=1S/C19H17N5O4S/c1-22(2)19(26)29-15-6-4-14(5-7-15)21-18(25)13-3-8-16(17(11-13)24(27)28)23-10-9-20-12-23/h3-12H,1-2H3,(H,21,25). The lowest BCUT2D eigenvalue weighted by molar-refractivity contribution is -0.384. The molecular weight excluding hydrogens is 394 g/mol. The summed E-state index contributed by atoms with van der Waals surface area (Å²) in [6.07, 6.45) is 4.55. The summed E-state index contributed by atoms with van der Waals surface area (Å²) in [6, 6.07) is 11.0. The summed E-state index contributed by atoms with van der Waals surface area (Å²) in [7, 11) is 3.34. The monoisotopic (exact) mass is 411 g/mol. The molecule has 3 aromatic rings. The van der Waals surface area contributed by atoms with Crippen LogP contribution in [0.2, 0.25) is 0 Å². The number of amides is 2. The first-order valence-electron chi connectivity index (χ1n) is 8.42. The van der Waals surface area contributed by atoms with E-state index in [4.69, 9.17) is 0 Å². The van der Waals surface area contributed by atoms with Crippen molar-refractivity contribution in [3.05, 3.63) is 76.9 Å². The molecule has 0 atom stereocenters. The molecule has 1 aromatic heterocycles. The number of nitrogens with zero attached hydrogens (tertiary/aromatic N) is 4. The highest BCUT2D eigenvalue weighted by Crippen LogP contribution is 2.26. The van der Waals surface area contributed by atoms with Gasteiger partial charge in [-0.25, -0.2) is 4.98 Å². The van der Waals surface area contributed by atoms with Gasteiger partial charge in [0.15, 0.2) is 0 Å². The van der Waals surface area contributed by atoms with Gasteiger partial charge in [0.1, 0.15) is 5.69 Å². The number of carbonyl (C=O) groups excluding carboxylic acids is 2. The van der Waals surface area contributed by atoms with Crippen LogP contribution in [0.3, 0.4) is 0 Å². The van der Waals surface area contributed by atoms with E-state index < -0.39 is 10.8 Å². The van der Waals surface area contributed by atoms with Gasteiger partial charge in [-0.2, -0.15) is 0 Å². The summed E-state index contributed by atoms with van der Waals surface area (Å²) in [5, 5.41) is 14.0. The molecule has 0 radical (unpaired) electrons. The molecule has 148 valence electrons. The lowest BCUT2D eigenvalue weighted by Gasteiger charge is -2.10. The lowest BCUT2D eigenvalue weighted by atomic mass is 10.1. The minimum atomic E-state index is -0.542. The smallest absolute Gasteiger partial charge is 0.294 e. The van der Waals surface area contributed by atoms with Gasteiger partial charge >= 0.3 is 0 Å². The number of carbonyl (C=O) groups is 2. The fourth-order valence-electron chi connectivity index (χ4n) is 2.43. The number of nitro benzene ring substituents is 1. The largest absolute Gasteiger partial charge is 0.339 e. The molecule has 29 heavy (non-hydrogen) atoms. The van der Waals surface area contributed by atoms with Crippen LogP contribution in [0.5, 0.6) is 0 Å². The molecule has 3 rings (SSSR count). The molecule has 0 bridgehead atoms. The molecule has 2 amide bonds. The molecule has 0 unspecified atom stereocenters. The number of imidazole rings is 1. The molecule has 1 N–H and O–H groups in total. The van der Waals surface area contributed by atoms with Crippen LogP contribution in [0.25, 0.3) is 5.69 Å². The van der Waals surface area contributed by atoms with Crippen LogP contribution in [-0.2, 0) is 0 Å². The first-order valence-corrected chi connectivity index (χ1v) is 9.24. The molecule has 1 heterocycles. The molecule has 9 nitrogen and oxygen atoms in total. The number of aromatic nitrogens is 2. The Bertz CT molecular complexity index is 1050. The highest BCUT2D eigenvalue weighted by atomic mass is 32.2. The van der Waals surface area contributed by atoms with Crippen molar-refractivity contribution in [2.45, 2.75) is 4.90 Å². The van der Waals surface area contributed by atoms with Gasteiger partial charge in [-0.15, -0.1) is 0 Å². The zero-order chi connectivity index (χ0) is 21.0. The van der Waals surface area contributed by atoms with Crippen LogP contribution in [0, 0.1) is 10.1 Å². The van der Waals surface area contributed by atoms with E-state index in [0.29, 0.717) is 11.4 Å². The van der Waals surface area contributed by atoms with E-state index in [-0.39, 0.29) is 16.5 Å². The maximum absolute atomic E-state index is 12.5. The Hall–Kier alpha value is -3.66. The van der Waals surface area contributed by atoms with Gasteiger partial charge in [-0.3, -0.25) is 19.7 Å². The van der Waals surface area contributed by atoms with Gasteiger partial charge in [0.2, 0.25) is 0 Å². The molecule has 0 saturated heterocycles. The Morgan fingerprint density at radius 3 is 2.48 bits per heavy atom. The maximum atomic E-state index is 12.5. The zero-order valence-corrected chi connectivity index (χ0v) is 16.4. The van der Waals surface area contributed by atoms with Gasteiger partial charge in [-0.1, -0.05) is 0 Å². The van der Waals surface area contributed by atoms with Gasteiger partial charge in [0, 0.05) is 48.7 Å². The number of rotatable bonds is 5. The number of nitrogens with one attached hydrogen (secondary N) is 1. The first kappa shape index (κ1) is 20.1. The van der Waals surface area contributed by atoms with Crippen molar-refractivity contribution in [2.75, 3.05) is 19.4 Å². The summed E-state index contributed by atoms with van der Waals surface area (Å²) >= 11 is 1.07. The molecule has 10 heteroatoms. The second-order valence-electron chi connectivity index (χ2n) is 6.17. The van der Waals surface area contributed by atoms with Crippen molar-refractivity contribution >= 4 is 34.3 Å². The third kappa shape index (κ3) is 4.79. The average molecular weight is 411 g/mol. The van der Waals surface area contributed by atoms with Crippen LogP contribution >= 0.6 is 11.8 Å². The molecular formula is C19H17N5O4S. The van der Waals surface area contributed by atoms with E-state index in [9.17, 15) is 19.7 Å². The number of benzene rings is 2. The second-order valence-corrected chi connectivity index (χ2v) is 7.20. The Morgan fingerprint density at radius 2 is 1.90 bits per heavy atom. The molecule has 2 aromatic carbocycles. The van der Waals surface area contributed by atoms with Gasteiger partial charge in [0.25, 0.3) is 16.8 Å². The normalized spacial score (nSPS) is 10.4. The van der Waals surface area contributed by atoms with E-state index in [1.807, 2.05) is 0 Å². The SMILES string of the molecule is CN(C)C(=O)Sc1ccc(NC(=O)c2ccc(-n3ccnc3)c([N+](=O)[O-])c2)cc1. The molecule has 0 aliphatic heterocycles. The van der Waals surface area contributed by atoms with Crippen molar-refractivity contribution in [1.29, 1.82) is 0 Å².